The summed E-state index contributed by atoms with van der Waals surface area (Å²) in [4.78, 5) is 11.3. The van der Waals surface area contributed by atoms with Crippen molar-refractivity contribution in [1.29, 1.82) is 0 Å². The molecule has 0 fully saturated rings. The summed E-state index contributed by atoms with van der Waals surface area (Å²) >= 11 is 0. The zero-order chi connectivity index (χ0) is 13.6. The van der Waals surface area contributed by atoms with Crippen molar-refractivity contribution in [2.45, 2.75) is 71.6 Å². The van der Waals surface area contributed by atoms with Gasteiger partial charge in [-0.15, -0.1) is 0 Å². The van der Waals surface area contributed by atoms with Gasteiger partial charge in [-0.2, -0.15) is 0 Å². The van der Waals surface area contributed by atoms with E-state index < -0.39 is 0 Å². The van der Waals surface area contributed by atoms with Crippen molar-refractivity contribution in [2.75, 3.05) is 13.2 Å². The lowest BCUT2D eigenvalue weighted by atomic mass is 10.0. The summed E-state index contributed by atoms with van der Waals surface area (Å²) in [5.41, 5.74) is 5.39. The molecule has 3 nitrogen and oxygen atoms in total. The molecule has 0 radical (unpaired) electrons. The Hall–Kier alpha value is -0.570. The van der Waals surface area contributed by atoms with Gasteiger partial charge in [-0.05, 0) is 31.7 Å². The van der Waals surface area contributed by atoms with Crippen molar-refractivity contribution < 1.29 is 9.53 Å². The Morgan fingerprint density at radius 1 is 1.00 bits per heavy atom. The number of hydrogen-bond donors (Lipinski definition) is 1. The minimum Gasteiger partial charge on any atom is -0.466 e. The fourth-order valence-electron chi connectivity index (χ4n) is 1.86. The molecule has 108 valence electrons. The summed E-state index contributed by atoms with van der Waals surface area (Å²) in [7, 11) is 0. The van der Waals surface area contributed by atoms with Gasteiger partial charge in [0.1, 0.15) is 0 Å². The van der Waals surface area contributed by atoms with Gasteiger partial charge in [0.25, 0.3) is 0 Å². The molecule has 0 aliphatic carbocycles. The molecule has 0 saturated heterocycles. The molecular weight excluding hydrogens is 226 g/mol. The van der Waals surface area contributed by atoms with Crippen LogP contribution in [0, 0.1) is 5.92 Å². The van der Waals surface area contributed by atoms with Gasteiger partial charge in [0.2, 0.25) is 0 Å². The third kappa shape index (κ3) is 13.5. The molecule has 18 heavy (non-hydrogen) atoms. The minimum absolute atomic E-state index is 0.0470. The van der Waals surface area contributed by atoms with E-state index in [1.807, 2.05) is 0 Å². The van der Waals surface area contributed by atoms with Crippen LogP contribution in [0.15, 0.2) is 0 Å². The minimum atomic E-state index is -0.0470. The van der Waals surface area contributed by atoms with Crippen LogP contribution in [-0.4, -0.2) is 19.1 Å². The Bertz CT molecular complexity index is 193. The van der Waals surface area contributed by atoms with Crippen LogP contribution >= 0.6 is 0 Å². The molecular formula is C15H31NO2. The molecule has 0 rings (SSSR count). The van der Waals surface area contributed by atoms with Gasteiger partial charge < -0.3 is 10.5 Å². The van der Waals surface area contributed by atoms with Gasteiger partial charge in [-0.1, -0.05) is 46.0 Å². The fraction of sp³-hybridized carbons (Fsp3) is 0.933. The van der Waals surface area contributed by atoms with Crippen molar-refractivity contribution >= 4 is 5.97 Å². The van der Waals surface area contributed by atoms with E-state index in [1.165, 1.54) is 25.7 Å². The van der Waals surface area contributed by atoms with Crippen molar-refractivity contribution in [1.82, 2.24) is 0 Å². The molecule has 0 aromatic carbocycles. The fourth-order valence-corrected chi connectivity index (χ4v) is 1.86. The summed E-state index contributed by atoms with van der Waals surface area (Å²) in [5, 5.41) is 0. The maximum Gasteiger partial charge on any atom is 0.305 e. The predicted molar refractivity (Wildman–Crippen MR) is 76.4 cm³/mol. The molecule has 0 aromatic heterocycles. The normalized spacial score (nSPS) is 10.9. The quantitative estimate of drug-likeness (QED) is 0.429. The monoisotopic (exact) mass is 257 g/mol. The van der Waals surface area contributed by atoms with Crippen molar-refractivity contribution in [2.24, 2.45) is 11.7 Å². The van der Waals surface area contributed by atoms with E-state index in [1.54, 1.807) is 0 Å². The van der Waals surface area contributed by atoms with Gasteiger partial charge in [0.15, 0.2) is 0 Å². The maximum absolute atomic E-state index is 11.3. The van der Waals surface area contributed by atoms with Crippen LogP contribution in [0.25, 0.3) is 0 Å². The highest BCUT2D eigenvalue weighted by molar-refractivity contribution is 5.69. The third-order valence-electron chi connectivity index (χ3n) is 3.02. The molecule has 3 heteroatoms. The zero-order valence-electron chi connectivity index (χ0n) is 12.2. The Kier molecular flexibility index (Phi) is 12.5. The smallest absolute Gasteiger partial charge is 0.305 e. The molecule has 0 saturated carbocycles. The summed E-state index contributed by atoms with van der Waals surface area (Å²) in [5.74, 6) is 0.755. The van der Waals surface area contributed by atoms with E-state index >= 15 is 0 Å². The van der Waals surface area contributed by atoms with Crippen LogP contribution in [0.3, 0.4) is 0 Å². The summed E-state index contributed by atoms with van der Waals surface area (Å²) < 4.78 is 5.18. The molecule has 0 atom stereocenters. The topological polar surface area (TPSA) is 52.3 Å². The molecule has 0 spiro atoms. The van der Waals surface area contributed by atoms with E-state index in [0.717, 1.165) is 31.6 Å². The SMILES string of the molecule is CC(C)CCCCCCOC(=O)CCCCCN. The first-order valence-electron chi connectivity index (χ1n) is 7.52. The van der Waals surface area contributed by atoms with Gasteiger partial charge >= 0.3 is 5.97 Å². The Morgan fingerprint density at radius 3 is 2.33 bits per heavy atom. The van der Waals surface area contributed by atoms with Crippen LogP contribution in [0.1, 0.15) is 71.6 Å². The van der Waals surface area contributed by atoms with Crippen molar-refractivity contribution in [3.63, 3.8) is 0 Å². The number of nitrogens with two attached hydrogens (primary N) is 1. The highest BCUT2D eigenvalue weighted by Gasteiger charge is 2.02. The maximum atomic E-state index is 11.3. The number of hydrogen-bond acceptors (Lipinski definition) is 3. The lowest BCUT2D eigenvalue weighted by molar-refractivity contribution is -0.143. The number of esters is 1. The lowest BCUT2D eigenvalue weighted by Crippen LogP contribution is -2.06. The van der Waals surface area contributed by atoms with Crippen LogP contribution in [0.2, 0.25) is 0 Å². The van der Waals surface area contributed by atoms with Gasteiger partial charge in [-0.3, -0.25) is 4.79 Å². The van der Waals surface area contributed by atoms with Crippen LogP contribution in [0.4, 0.5) is 0 Å². The van der Waals surface area contributed by atoms with E-state index in [-0.39, 0.29) is 5.97 Å². The first kappa shape index (κ1) is 17.4. The van der Waals surface area contributed by atoms with Crippen molar-refractivity contribution in [3.05, 3.63) is 0 Å². The number of carbonyl (C=O) groups is 1. The molecule has 0 aliphatic rings. The molecule has 2 N–H and O–H groups in total. The standard InChI is InChI=1S/C15H31NO2/c1-14(2)10-6-3-4-9-13-18-15(17)11-7-5-8-12-16/h14H,3-13,16H2,1-2H3. The van der Waals surface area contributed by atoms with E-state index in [4.69, 9.17) is 10.5 Å². The van der Waals surface area contributed by atoms with Gasteiger partial charge in [0, 0.05) is 6.42 Å². The number of carbonyl (C=O) groups excluding carboxylic acids is 1. The van der Waals surface area contributed by atoms with E-state index in [9.17, 15) is 4.79 Å². The second kappa shape index (κ2) is 12.9. The molecule has 0 aromatic rings. The van der Waals surface area contributed by atoms with Crippen LogP contribution in [0.5, 0.6) is 0 Å². The Morgan fingerprint density at radius 2 is 1.67 bits per heavy atom. The second-order valence-corrected chi connectivity index (χ2v) is 5.42. The second-order valence-electron chi connectivity index (χ2n) is 5.42. The first-order valence-corrected chi connectivity index (χ1v) is 7.52. The largest absolute Gasteiger partial charge is 0.466 e. The van der Waals surface area contributed by atoms with E-state index in [0.29, 0.717) is 19.6 Å². The molecule has 0 aliphatic heterocycles. The molecule has 0 unspecified atom stereocenters. The van der Waals surface area contributed by atoms with Crippen LogP contribution < -0.4 is 5.73 Å². The van der Waals surface area contributed by atoms with Gasteiger partial charge in [0.05, 0.1) is 6.61 Å². The van der Waals surface area contributed by atoms with Crippen molar-refractivity contribution in [3.8, 4) is 0 Å². The Balaban J connectivity index is 3.15. The predicted octanol–water partition coefficient (Wildman–Crippen LogP) is 3.66. The van der Waals surface area contributed by atoms with Gasteiger partial charge in [-0.25, -0.2) is 0 Å². The highest BCUT2D eigenvalue weighted by Crippen LogP contribution is 2.09. The molecule has 0 amide bonds. The van der Waals surface area contributed by atoms with E-state index in [2.05, 4.69) is 13.8 Å². The number of rotatable bonds is 12. The zero-order valence-corrected chi connectivity index (χ0v) is 12.2. The molecule has 0 bridgehead atoms. The average molecular weight is 257 g/mol. The molecule has 0 heterocycles. The summed E-state index contributed by atoms with van der Waals surface area (Å²) in [6, 6.07) is 0. The Labute approximate surface area is 112 Å². The third-order valence-corrected chi connectivity index (χ3v) is 3.02. The summed E-state index contributed by atoms with van der Waals surface area (Å²) in [6.07, 6.45) is 9.53. The summed E-state index contributed by atoms with van der Waals surface area (Å²) in [6.45, 7) is 5.82. The first-order chi connectivity index (χ1) is 8.66. The highest BCUT2D eigenvalue weighted by atomic mass is 16.5. The lowest BCUT2D eigenvalue weighted by Gasteiger charge is -2.06. The number of ether oxygens (including phenoxy) is 1. The van der Waals surface area contributed by atoms with Crippen LogP contribution in [-0.2, 0) is 9.53 Å². The average Bonchev–Trinajstić information content (AvgIpc) is 2.33. The number of unbranched alkanes of at least 4 members (excludes halogenated alkanes) is 5.